The molecule has 0 spiro atoms. The minimum atomic E-state index is -3.30. The molecule has 0 fully saturated rings. The number of nitrogens with zero attached hydrogens (tertiary/aromatic N) is 1. The van der Waals surface area contributed by atoms with Crippen LogP contribution in [0.2, 0.25) is 0 Å². The standard InChI is InChI=1S/C8H15N3O2S2/c1-4-15(12,13)6-7(9)11-14-8(6)10-5(2)3/h5,10H,4H2,1-3H3,(H2,9,11). The van der Waals surface area contributed by atoms with Crippen LogP contribution in [0, 0.1) is 0 Å². The Hall–Kier alpha value is -0.820. The molecule has 0 unspecified atom stereocenters. The lowest BCUT2D eigenvalue weighted by Gasteiger charge is -2.09. The topological polar surface area (TPSA) is 85.1 Å². The van der Waals surface area contributed by atoms with Gasteiger partial charge in [0.1, 0.15) is 9.90 Å². The highest BCUT2D eigenvalue weighted by Gasteiger charge is 2.23. The number of nitrogens with one attached hydrogen (secondary N) is 1. The Morgan fingerprint density at radius 3 is 2.60 bits per heavy atom. The SMILES string of the molecule is CCS(=O)(=O)c1c(N)nsc1NC(C)C. The molecule has 7 heteroatoms. The van der Waals surface area contributed by atoms with Gasteiger partial charge in [0.2, 0.25) is 0 Å². The third-order valence-corrected chi connectivity index (χ3v) is 4.50. The van der Waals surface area contributed by atoms with Gasteiger partial charge >= 0.3 is 0 Å². The predicted molar refractivity (Wildman–Crippen MR) is 63.0 cm³/mol. The summed E-state index contributed by atoms with van der Waals surface area (Å²) in [5.74, 6) is 0.118. The Morgan fingerprint density at radius 1 is 1.53 bits per heavy atom. The zero-order valence-electron chi connectivity index (χ0n) is 8.94. The van der Waals surface area contributed by atoms with Gasteiger partial charge in [-0.3, -0.25) is 0 Å². The van der Waals surface area contributed by atoms with Gasteiger partial charge in [-0.1, -0.05) is 6.92 Å². The number of nitrogens with two attached hydrogens (primary N) is 1. The maximum Gasteiger partial charge on any atom is 0.184 e. The normalized spacial score (nSPS) is 12.0. The van der Waals surface area contributed by atoms with E-state index in [1.54, 1.807) is 6.92 Å². The molecule has 0 aliphatic heterocycles. The largest absolute Gasteiger partial charge is 0.382 e. The summed E-state index contributed by atoms with van der Waals surface area (Å²) < 4.78 is 27.3. The van der Waals surface area contributed by atoms with Gasteiger partial charge in [-0.2, -0.15) is 4.37 Å². The predicted octanol–water partition coefficient (Wildman–Crippen LogP) is 1.34. The van der Waals surface area contributed by atoms with E-state index in [9.17, 15) is 8.42 Å². The molecule has 5 nitrogen and oxygen atoms in total. The molecule has 0 saturated carbocycles. The number of aromatic nitrogens is 1. The van der Waals surface area contributed by atoms with E-state index in [4.69, 9.17) is 5.73 Å². The van der Waals surface area contributed by atoms with Gasteiger partial charge in [-0.05, 0) is 25.4 Å². The summed E-state index contributed by atoms with van der Waals surface area (Å²) in [5.41, 5.74) is 5.56. The van der Waals surface area contributed by atoms with Crippen LogP contribution in [0.3, 0.4) is 0 Å². The van der Waals surface area contributed by atoms with E-state index in [1.807, 2.05) is 13.8 Å². The van der Waals surface area contributed by atoms with Crippen LogP contribution >= 0.6 is 11.5 Å². The molecule has 1 aromatic rings. The van der Waals surface area contributed by atoms with Crippen LogP contribution in [-0.2, 0) is 9.84 Å². The zero-order valence-corrected chi connectivity index (χ0v) is 10.6. The molecular weight excluding hydrogens is 234 g/mol. The van der Waals surface area contributed by atoms with Crippen molar-refractivity contribution in [2.24, 2.45) is 0 Å². The third kappa shape index (κ3) is 2.60. The van der Waals surface area contributed by atoms with Crippen molar-refractivity contribution in [1.29, 1.82) is 0 Å². The van der Waals surface area contributed by atoms with Gasteiger partial charge in [-0.15, -0.1) is 0 Å². The number of hydrogen-bond acceptors (Lipinski definition) is 6. The van der Waals surface area contributed by atoms with E-state index in [0.717, 1.165) is 11.5 Å². The maximum absolute atomic E-state index is 11.7. The number of rotatable bonds is 4. The van der Waals surface area contributed by atoms with E-state index in [-0.39, 0.29) is 22.5 Å². The smallest absolute Gasteiger partial charge is 0.184 e. The van der Waals surface area contributed by atoms with Crippen molar-refractivity contribution in [3.8, 4) is 0 Å². The van der Waals surface area contributed by atoms with Crippen LogP contribution in [-0.4, -0.2) is 24.6 Å². The average Bonchev–Trinajstić information content (AvgIpc) is 2.46. The highest BCUT2D eigenvalue weighted by atomic mass is 32.2. The first kappa shape index (κ1) is 12.3. The molecule has 1 aromatic heterocycles. The molecule has 1 rings (SSSR count). The van der Waals surface area contributed by atoms with Crippen molar-refractivity contribution in [2.75, 3.05) is 16.8 Å². The Balaban J connectivity index is 3.22. The van der Waals surface area contributed by atoms with Crippen molar-refractivity contribution < 1.29 is 8.42 Å². The number of anilines is 2. The lowest BCUT2D eigenvalue weighted by Crippen LogP contribution is -2.13. The van der Waals surface area contributed by atoms with E-state index >= 15 is 0 Å². The molecule has 0 bridgehead atoms. The molecule has 0 amide bonds. The number of nitrogen functional groups attached to an aromatic ring is 1. The molecule has 0 aliphatic carbocycles. The molecule has 15 heavy (non-hydrogen) atoms. The Morgan fingerprint density at radius 2 is 2.13 bits per heavy atom. The minimum absolute atomic E-state index is 0.0301. The van der Waals surface area contributed by atoms with Crippen LogP contribution < -0.4 is 11.1 Å². The molecule has 0 aliphatic rings. The summed E-state index contributed by atoms with van der Waals surface area (Å²) in [6, 6.07) is 0.149. The third-order valence-electron chi connectivity index (χ3n) is 1.78. The Bertz CT molecular complexity index is 437. The van der Waals surface area contributed by atoms with Crippen LogP contribution in [0.4, 0.5) is 10.8 Å². The highest BCUT2D eigenvalue weighted by Crippen LogP contribution is 2.32. The van der Waals surface area contributed by atoms with Crippen LogP contribution in [0.25, 0.3) is 0 Å². The summed E-state index contributed by atoms with van der Waals surface area (Å²) in [6.45, 7) is 5.45. The first-order chi connectivity index (χ1) is 6.88. The van der Waals surface area contributed by atoms with Crippen LogP contribution in [0.15, 0.2) is 4.90 Å². The first-order valence-electron chi connectivity index (χ1n) is 4.63. The fourth-order valence-corrected chi connectivity index (χ4v) is 3.39. The van der Waals surface area contributed by atoms with Gasteiger partial charge in [0.25, 0.3) is 0 Å². The number of sulfone groups is 1. The maximum atomic E-state index is 11.7. The van der Waals surface area contributed by atoms with Gasteiger partial charge < -0.3 is 11.1 Å². The molecular formula is C8H15N3O2S2. The molecule has 86 valence electrons. The summed E-state index contributed by atoms with van der Waals surface area (Å²) in [6.07, 6.45) is 0. The highest BCUT2D eigenvalue weighted by molar-refractivity contribution is 7.91. The van der Waals surface area contributed by atoms with E-state index < -0.39 is 9.84 Å². The van der Waals surface area contributed by atoms with Crippen molar-refractivity contribution in [1.82, 2.24) is 4.37 Å². The molecule has 0 atom stereocenters. The van der Waals surface area contributed by atoms with Crippen molar-refractivity contribution >= 4 is 32.2 Å². The first-order valence-corrected chi connectivity index (χ1v) is 7.05. The summed E-state index contributed by atoms with van der Waals surface area (Å²) in [4.78, 5) is 0.142. The fraction of sp³-hybridized carbons (Fsp3) is 0.625. The quantitative estimate of drug-likeness (QED) is 0.841. The van der Waals surface area contributed by atoms with Crippen molar-refractivity contribution in [3.63, 3.8) is 0 Å². The fourth-order valence-electron chi connectivity index (χ4n) is 1.09. The second kappa shape index (κ2) is 4.36. The van der Waals surface area contributed by atoms with E-state index in [1.165, 1.54) is 0 Å². The zero-order chi connectivity index (χ0) is 11.6. The lowest BCUT2D eigenvalue weighted by molar-refractivity contribution is 0.598. The molecule has 0 aromatic carbocycles. The summed E-state index contributed by atoms with van der Waals surface area (Å²) >= 11 is 1.08. The Kier molecular flexibility index (Phi) is 3.56. The monoisotopic (exact) mass is 249 g/mol. The van der Waals surface area contributed by atoms with Crippen molar-refractivity contribution in [3.05, 3.63) is 0 Å². The summed E-state index contributed by atoms with van der Waals surface area (Å²) in [7, 11) is -3.30. The minimum Gasteiger partial charge on any atom is -0.382 e. The lowest BCUT2D eigenvalue weighted by atomic mass is 10.4. The molecule has 0 radical (unpaired) electrons. The van der Waals surface area contributed by atoms with Gasteiger partial charge in [0.15, 0.2) is 15.7 Å². The second-order valence-electron chi connectivity index (χ2n) is 3.43. The summed E-state index contributed by atoms with van der Waals surface area (Å²) in [5, 5.41) is 3.56. The second-order valence-corrected chi connectivity index (χ2v) is 6.42. The van der Waals surface area contributed by atoms with E-state index in [0.29, 0.717) is 5.00 Å². The Labute approximate surface area is 93.8 Å². The van der Waals surface area contributed by atoms with Crippen LogP contribution in [0.5, 0.6) is 0 Å². The van der Waals surface area contributed by atoms with Gasteiger partial charge in [0.05, 0.1) is 5.75 Å². The number of hydrogen-bond donors (Lipinski definition) is 2. The molecule has 0 saturated heterocycles. The molecule has 3 N–H and O–H groups in total. The molecule has 1 heterocycles. The van der Waals surface area contributed by atoms with E-state index in [2.05, 4.69) is 9.69 Å². The van der Waals surface area contributed by atoms with Gasteiger partial charge in [0, 0.05) is 6.04 Å². The van der Waals surface area contributed by atoms with Crippen molar-refractivity contribution in [2.45, 2.75) is 31.7 Å². The van der Waals surface area contributed by atoms with Crippen LogP contribution in [0.1, 0.15) is 20.8 Å². The van der Waals surface area contributed by atoms with Gasteiger partial charge in [-0.25, -0.2) is 8.42 Å². The average molecular weight is 249 g/mol.